The third-order valence-electron chi connectivity index (χ3n) is 4.00. The van der Waals surface area contributed by atoms with Gasteiger partial charge in [-0.05, 0) is 17.5 Å². The molecule has 2 aliphatic heterocycles. The first-order chi connectivity index (χ1) is 9.34. The largest absolute Gasteiger partial charge is 0.381 e. The molecule has 0 aromatic heterocycles. The molecule has 0 aliphatic carbocycles. The molecular formula is C15H20N2O2. The molecule has 2 atom stereocenters. The van der Waals surface area contributed by atoms with Gasteiger partial charge in [-0.3, -0.25) is 4.79 Å². The van der Waals surface area contributed by atoms with Crippen LogP contribution in [-0.2, 0) is 16.1 Å². The average Bonchev–Trinajstić information content (AvgIpc) is 2.97. The second-order valence-corrected chi connectivity index (χ2v) is 5.36. The second kappa shape index (κ2) is 5.72. The minimum absolute atomic E-state index is 0.0627. The number of amides is 1. The van der Waals surface area contributed by atoms with Crippen LogP contribution >= 0.6 is 0 Å². The molecule has 0 saturated carbocycles. The Morgan fingerprint density at radius 1 is 1.42 bits per heavy atom. The highest BCUT2D eigenvalue weighted by Gasteiger charge is 2.26. The molecule has 0 bridgehead atoms. The van der Waals surface area contributed by atoms with E-state index in [9.17, 15) is 4.79 Å². The van der Waals surface area contributed by atoms with E-state index in [1.54, 1.807) is 0 Å². The Morgan fingerprint density at radius 3 is 3.16 bits per heavy atom. The Bertz CT molecular complexity index is 455. The fourth-order valence-corrected chi connectivity index (χ4v) is 2.84. The molecule has 1 saturated heterocycles. The number of hydrogen-bond acceptors (Lipinski definition) is 3. The minimum Gasteiger partial charge on any atom is -0.381 e. The van der Waals surface area contributed by atoms with E-state index in [0.717, 1.165) is 39.3 Å². The number of benzene rings is 1. The molecule has 102 valence electrons. The smallest absolute Gasteiger partial charge is 0.228 e. The van der Waals surface area contributed by atoms with Crippen molar-refractivity contribution in [3.8, 4) is 0 Å². The zero-order valence-corrected chi connectivity index (χ0v) is 11.0. The van der Waals surface area contributed by atoms with E-state index in [4.69, 9.17) is 4.74 Å². The summed E-state index contributed by atoms with van der Waals surface area (Å²) in [6.07, 6.45) is 1.06. The van der Waals surface area contributed by atoms with Crippen molar-refractivity contribution in [1.29, 1.82) is 0 Å². The quantitative estimate of drug-likeness (QED) is 0.853. The lowest BCUT2D eigenvalue weighted by atomic mass is 9.90. The van der Waals surface area contributed by atoms with Crippen molar-refractivity contribution in [3.63, 3.8) is 0 Å². The van der Waals surface area contributed by atoms with Crippen molar-refractivity contribution in [1.82, 2.24) is 10.6 Å². The summed E-state index contributed by atoms with van der Waals surface area (Å²) < 4.78 is 5.33. The number of carbonyl (C=O) groups is 1. The monoisotopic (exact) mass is 260 g/mol. The first kappa shape index (κ1) is 12.6. The fraction of sp³-hybridized carbons (Fsp3) is 0.533. The molecule has 2 aliphatic rings. The number of rotatable bonds is 3. The third kappa shape index (κ3) is 2.80. The van der Waals surface area contributed by atoms with Gasteiger partial charge in [-0.1, -0.05) is 24.3 Å². The topological polar surface area (TPSA) is 50.4 Å². The summed E-state index contributed by atoms with van der Waals surface area (Å²) in [5.41, 5.74) is 2.40. The summed E-state index contributed by atoms with van der Waals surface area (Å²) in [6, 6.07) is 8.19. The van der Waals surface area contributed by atoms with Crippen LogP contribution in [0.3, 0.4) is 0 Å². The zero-order valence-electron chi connectivity index (χ0n) is 11.0. The van der Waals surface area contributed by atoms with Crippen molar-refractivity contribution in [2.45, 2.75) is 18.9 Å². The Kier molecular flexibility index (Phi) is 3.80. The number of carbonyl (C=O) groups excluding carboxylic acids is 1. The van der Waals surface area contributed by atoms with Gasteiger partial charge in [-0.25, -0.2) is 0 Å². The van der Waals surface area contributed by atoms with Gasteiger partial charge in [0.15, 0.2) is 0 Å². The molecule has 0 spiro atoms. The second-order valence-electron chi connectivity index (χ2n) is 5.36. The molecule has 4 heteroatoms. The Hall–Kier alpha value is -1.39. The highest BCUT2D eigenvalue weighted by Crippen LogP contribution is 2.24. The number of hydrogen-bond donors (Lipinski definition) is 2. The van der Waals surface area contributed by atoms with Crippen molar-refractivity contribution in [2.24, 2.45) is 5.92 Å². The highest BCUT2D eigenvalue weighted by molar-refractivity contribution is 5.84. The van der Waals surface area contributed by atoms with Gasteiger partial charge in [0, 0.05) is 32.2 Å². The average molecular weight is 260 g/mol. The number of fused-ring (bicyclic) bond motifs is 1. The van der Waals surface area contributed by atoms with Gasteiger partial charge in [0.25, 0.3) is 0 Å². The van der Waals surface area contributed by atoms with Crippen LogP contribution in [0.15, 0.2) is 24.3 Å². The maximum absolute atomic E-state index is 12.3. The van der Waals surface area contributed by atoms with Gasteiger partial charge in [0.2, 0.25) is 5.91 Å². The molecule has 3 rings (SSSR count). The van der Waals surface area contributed by atoms with Crippen LogP contribution < -0.4 is 10.6 Å². The zero-order chi connectivity index (χ0) is 13.1. The van der Waals surface area contributed by atoms with E-state index in [1.807, 2.05) is 12.1 Å². The molecule has 1 amide bonds. The SMILES string of the molecule is O=C(NCC1CCOC1)C1CNCc2ccccc21. The molecule has 19 heavy (non-hydrogen) atoms. The van der Waals surface area contributed by atoms with Gasteiger partial charge < -0.3 is 15.4 Å². The van der Waals surface area contributed by atoms with Gasteiger partial charge >= 0.3 is 0 Å². The van der Waals surface area contributed by atoms with Crippen molar-refractivity contribution in [2.75, 3.05) is 26.3 Å². The Morgan fingerprint density at radius 2 is 2.32 bits per heavy atom. The fourth-order valence-electron chi connectivity index (χ4n) is 2.84. The molecule has 1 aromatic rings. The maximum Gasteiger partial charge on any atom is 0.228 e. The van der Waals surface area contributed by atoms with E-state index in [1.165, 1.54) is 11.1 Å². The first-order valence-corrected chi connectivity index (χ1v) is 6.98. The van der Waals surface area contributed by atoms with Crippen LogP contribution in [0.2, 0.25) is 0 Å². The van der Waals surface area contributed by atoms with Crippen LogP contribution in [0, 0.1) is 5.92 Å². The number of ether oxygens (including phenoxy) is 1. The summed E-state index contributed by atoms with van der Waals surface area (Å²) in [7, 11) is 0. The lowest BCUT2D eigenvalue weighted by Crippen LogP contribution is -2.40. The Labute approximate surface area is 113 Å². The Balaban J connectivity index is 1.64. The van der Waals surface area contributed by atoms with E-state index < -0.39 is 0 Å². The predicted molar refractivity (Wildman–Crippen MR) is 72.8 cm³/mol. The minimum atomic E-state index is -0.0627. The van der Waals surface area contributed by atoms with Crippen LogP contribution in [0.4, 0.5) is 0 Å². The van der Waals surface area contributed by atoms with Gasteiger partial charge in [0.05, 0.1) is 12.5 Å². The lowest BCUT2D eigenvalue weighted by molar-refractivity contribution is -0.122. The van der Waals surface area contributed by atoms with E-state index in [-0.39, 0.29) is 11.8 Å². The van der Waals surface area contributed by atoms with E-state index in [0.29, 0.717) is 5.92 Å². The molecular weight excluding hydrogens is 240 g/mol. The van der Waals surface area contributed by atoms with Crippen LogP contribution in [0.1, 0.15) is 23.5 Å². The van der Waals surface area contributed by atoms with Crippen molar-refractivity contribution in [3.05, 3.63) is 35.4 Å². The predicted octanol–water partition coefficient (Wildman–Crippen LogP) is 1.03. The van der Waals surface area contributed by atoms with Crippen LogP contribution in [0.5, 0.6) is 0 Å². The molecule has 1 fully saturated rings. The molecule has 2 unspecified atom stereocenters. The van der Waals surface area contributed by atoms with Gasteiger partial charge in [-0.2, -0.15) is 0 Å². The molecule has 2 heterocycles. The van der Waals surface area contributed by atoms with Gasteiger partial charge in [-0.15, -0.1) is 0 Å². The third-order valence-corrected chi connectivity index (χ3v) is 4.00. The normalized spacial score (nSPS) is 25.9. The first-order valence-electron chi connectivity index (χ1n) is 6.98. The van der Waals surface area contributed by atoms with Crippen LogP contribution in [-0.4, -0.2) is 32.2 Å². The highest BCUT2D eigenvalue weighted by atomic mass is 16.5. The van der Waals surface area contributed by atoms with Gasteiger partial charge in [0.1, 0.15) is 0 Å². The van der Waals surface area contributed by atoms with Crippen LogP contribution in [0.25, 0.3) is 0 Å². The van der Waals surface area contributed by atoms with Crippen molar-refractivity contribution >= 4 is 5.91 Å². The van der Waals surface area contributed by atoms with Crippen molar-refractivity contribution < 1.29 is 9.53 Å². The molecule has 1 aromatic carbocycles. The summed E-state index contributed by atoms with van der Waals surface area (Å²) in [5, 5.41) is 6.39. The molecule has 0 radical (unpaired) electrons. The summed E-state index contributed by atoms with van der Waals surface area (Å²) in [4.78, 5) is 12.3. The lowest BCUT2D eigenvalue weighted by Gasteiger charge is -2.26. The maximum atomic E-state index is 12.3. The summed E-state index contributed by atoms with van der Waals surface area (Å²) in [5.74, 6) is 0.551. The number of nitrogens with one attached hydrogen (secondary N) is 2. The standard InChI is InChI=1S/C15H20N2O2/c18-15(17-7-11-5-6-19-10-11)14-9-16-8-12-3-1-2-4-13(12)14/h1-4,11,14,16H,5-10H2,(H,17,18). The molecule has 4 nitrogen and oxygen atoms in total. The van der Waals surface area contributed by atoms with E-state index >= 15 is 0 Å². The summed E-state index contributed by atoms with van der Waals surface area (Å²) >= 11 is 0. The summed E-state index contributed by atoms with van der Waals surface area (Å²) in [6.45, 7) is 3.92. The molecule has 2 N–H and O–H groups in total. The van der Waals surface area contributed by atoms with E-state index in [2.05, 4.69) is 22.8 Å².